The molecule has 3 heteroatoms. The fraction of sp³-hybridized carbons (Fsp3) is 0.769. The molecule has 6 bridgehead atoms. The van der Waals surface area contributed by atoms with Crippen LogP contribution in [0.1, 0.15) is 99.7 Å². The summed E-state index contributed by atoms with van der Waals surface area (Å²) in [6.07, 6.45) is 21.1. The van der Waals surface area contributed by atoms with Gasteiger partial charge in [-0.05, 0) is 82.1 Å². The van der Waals surface area contributed by atoms with Gasteiger partial charge in [0.15, 0.2) is 0 Å². The number of furan rings is 1. The third-order valence-corrected chi connectivity index (χ3v) is 8.85. The number of allylic oxidation sites excluding steroid dienone is 1. The molecule has 5 aliphatic heterocycles. The molecule has 2 fully saturated rings. The van der Waals surface area contributed by atoms with E-state index in [-0.39, 0.29) is 0 Å². The van der Waals surface area contributed by atoms with Crippen molar-refractivity contribution in [1.82, 2.24) is 9.80 Å². The lowest BCUT2D eigenvalue weighted by atomic mass is 9.68. The van der Waals surface area contributed by atoms with Gasteiger partial charge in [-0.3, -0.25) is 4.90 Å². The highest BCUT2D eigenvalue weighted by Gasteiger charge is 2.64. The van der Waals surface area contributed by atoms with E-state index in [4.69, 9.17) is 4.42 Å². The fourth-order valence-corrected chi connectivity index (χ4v) is 7.60. The van der Waals surface area contributed by atoms with E-state index in [0.717, 1.165) is 12.3 Å². The number of rotatable bonds is 0. The van der Waals surface area contributed by atoms with Crippen molar-refractivity contribution >= 4 is 0 Å². The van der Waals surface area contributed by atoms with Gasteiger partial charge in [0, 0.05) is 24.4 Å². The van der Waals surface area contributed by atoms with Crippen LogP contribution in [0, 0.1) is 5.41 Å². The number of piperidine rings is 1. The van der Waals surface area contributed by atoms with Crippen molar-refractivity contribution < 1.29 is 4.42 Å². The van der Waals surface area contributed by atoms with E-state index in [1.54, 1.807) is 5.56 Å². The average Bonchev–Trinajstić information content (AvgIpc) is 3.29. The van der Waals surface area contributed by atoms with Crippen LogP contribution in [0.5, 0.6) is 0 Å². The van der Waals surface area contributed by atoms with Gasteiger partial charge in [-0.2, -0.15) is 0 Å². The predicted molar refractivity (Wildman–Crippen MR) is 117 cm³/mol. The van der Waals surface area contributed by atoms with Crippen molar-refractivity contribution in [2.75, 3.05) is 26.2 Å². The number of fused-ring (bicyclic) bond motifs is 9. The van der Waals surface area contributed by atoms with E-state index in [1.165, 1.54) is 108 Å². The van der Waals surface area contributed by atoms with E-state index in [2.05, 4.69) is 28.0 Å². The van der Waals surface area contributed by atoms with Gasteiger partial charge in [-0.1, -0.05) is 37.8 Å². The summed E-state index contributed by atoms with van der Waals surface area (Å²) in [4.78, 5) is 5.70. The number of nitrogens with zero attached hydrogens (tertiary/aromatic N) is 2. The zero-order valence-electron chi connectivity index (χ0n) is 18.1. The molecule has 5 atom stereocenters. The van der Waals surface area contributed by atoms with E-state index >= 15 is 0 Å². The van der Waals surface area contributed by atoms with Gasteiger partial charge in [-0.15, -0.1) is 0 Å². The Morgan fingerprint density at radius 1 is 0.931 bits per heavy atom. The second kappa shape index (κ2) is 7.57. The van der Waals surface area contributed by atoms with E-state index in [0.29, 0.717) is 17.5 Å². The highest BCUT2D eigenvalue weighted by Crippen LogP contribution is 2.67. The lowest BCUT2D eigenvalue weighted by Gasteiger charge is -2.45. The van der Waals surface area contributed by atoms with E-state index < -0.39 is 0 Å². The van der Waals surface area contributed by atoms with Crippen LogP contribution in [0.4, 0.5) is 0 Å². The number of hydrogen-bond acceptors (Lipinski definition) is 3. The first kappa shape index (κ1) is 18.7. The standard InChI is InChI=1S/C26H38N2O/c1-2-5-9-14-27-16-13-23-22-17-21(12-8-3-1)29-24(22)25-26(23,19-27)18-20-11-7-4-6-10-15-28(20)25/h7,11,17,20,23,25H,1-6,8-10,12-16,18-19H2/b11-7-/t20-,23-,25-,26-/m0/s1. The van der Waals surface area contributed by atoms with Gasteiger partial charge >= 0.3 is 0 Å². The van der Waals surface area contributed by atoms with E-state index in [1.807, 2.05) is 0 Å². The minimum absolute atomic E-state index is 0.393. The van der Waals surface area contributed by atoms with Gasteiger partial charge in [0.2, 0.25) is 0 Å². The average molecular weight is 395 g/mol. The Balaban J connectivity index is 1.41. The predicted octanol–water partition coefficient (Wildman–Crippen LogP) is 5.82. The Bertz CT molecular complexity index is 767. The summed E-state index contributed by atoms with van der Waals surface area (Å²) in [6.45, 7) is 5.15. The maximum atomic E-state index is 6.73. The Morgan fingerprint density at radius 2 is 1.79 bits per heavy atom. The topological polar surface area (TPSA) is 19.6 Å². The SMILES string of the molecule is C1=C\[C@H]2C[C@@]34CN5CCCCCCCCc6cc(c(o6)[C@@H]3N2CCCC/1)[C@@H]4CC5. The largest absolute Gasteiger partial charge is 0.464 e. The molecule has 1 unspecified atom stereocenters. The van der Waals surface area contributed by atoms with Crippen LogP contribution in [0.3, 0.4) is 0 Å². The maximum absolute atomic E-state index is 6.73. The minimum Gasteiger partial charge on any atom is -0.464 e. The molecule has 1 aromatic rings. The van der Waals surface area contributed by atoms with Crippen LogP contribution in [0.25, 0.3) is 0 Å². The molecule has 3 nitrogen and oxygen atoms in total. The quantitative estimate of drug-likeness (QED) is 0.517. The minimum atomic E-state index is 0.393. The van der Waals surface area contributed by atoms with E-state index in [9.17, 15) is 0 Å². The summed E-state index contributed by atoms with van der Waals surface area (Å²) in [6, 6.07) is 3.66. The fourth-order valence-electron chi connectivity index (χ4n) is 7.60. The Hall–Kier alpha value is -1.06. The van der Waals surface area contributed by atoms with Crippen molar-refractivity contribution in [3.05, 3.63) is 35.3 Å². The molecule has 6 aliphatic rings. The van der Waals surface area contributed by atoms with Crippen LogP contribution in [-0.2, 0) is 6.42 Å². The smallest absolute Gasteiger partial charge is 0.125 e. The highest BCUT2D eigenvalue weighted by molar-refractivity contribution is 5.42. The van der Waals surface area contributed by atoms with Crippen molar-refractivity contribution in [2.24, 2.45) is 5.41 Å². The van der Waals surface area contributed by atoms with Gasteiger partial charge < -0.3 is 9.32 Å². The molecule has 7 rings (SSSR count). The summed E-state index contributed by atoms with van der Waals surface area (Å²) in [5, 5.41) is 0. The third-order valence-electron chi connectivity index (χ3n) is 8.85. The Kier molecular flexibility index (Phi) is 4.88. The molecule has 0 saturated carbocycles. The molecular weight excluding hydrogens is 356 g/mol. The first-order valence-electron chi connectivity index (χ1n) is 12.6. The molecule has 158 valence electrons. The molecule has 1 spiro atoms. The zero-order chi connectivity index (χ0) is 19.3. The summed E-state index contributed by atoms with van der Waals surface area (Å²) in [5.74, 6) is 3.40. The molecule has 1 aliphatic carbocycles. The first-order valence-corrected chi connectivity index (χ1v) is 12.6. The Labute approximate surface area is 176 Å². The number of aryl methyl sites for hydroxylation is 1. The molecule has 0 aromatic carbocycles. The second-order valence-electron chi connectivity index (χ2n) is 10.6. The lowest BCUT2D eigenvalue weighted by Crippen LogP contribution is -2.47. The van der Waals surface area contributed by atoms with Crippen molar-refractivity contribution in [3.8, 4) is 0 Å². The second-order valence-corrected chi connectivity index (χ2v) is 10.6. The van der Waals surface area contributed by atoms with Gasteiger partial charge in [-0.25, -0.2) is 0 Å². The molecule has 0 amide bonds. The number of hydrogen-bond donors (Lipinski definition) is 0. The lowest BCUT2D eigenvalue weighted by molar-refractivity contribution is 0.0363. The summed E-state index contributed by atoms with van der Waals surface area (Å²) >= 11 is 0. The van der Waals surface area contributed by atoms with Crippen LogP contribution >= 0.6 is 0 Å². The molecule has 1 aromatic heterocycles. The molecule has 0 N–H and O–H groups in total. The molecule has 2 saturated heterocycles. The van der Waals surface area contributed by atoms with Crippen molar-refractivity contribution in [3.63, 3.8) is 0 Å². The summed E-state index contributed by atoms with van der Waals surface area (Å²) in [5.41, 5.74) is 2.01. The molecule has 29 heavy (non-hydrogen) atoms. The zero-order valence-corrected chi connectivity index (χ0v) is 18.1. The maximum Gasteiger partial charge on any atom is 0.125 e. The van der Waals surface area contributed by atoms with Crippen LogP contribution < -0.4 is 0 Å². The molecule has 0 radical (unpaired) electrons. The summed E-state index contributed by atoms with van der Waals surface area (Å²) < 4.78 is 6.73. The van der Waals surface area contributed by atoms with Crippen molar-refractivity contribution in [1.29, 1.82) is 0 Å². The van der Waals surface area contributed by atoms with Gasteiger partial charge in [0.1, 0.15) is 11.5 Å². The normalized spacial score (nSPS) is 41.2. The third kappa shape index (κ3) is 3.07. The van der Waals surface area contributed by atoms with Gasteiger partial charge in [0.25, 0.3) is 0 Å². The van der Waals surface area contributed by atoms with Crippen LogP contribution in [0.15, 0.2) is 22.6 Å². The first-order chi connectivity index (χ1) is 14.4. The highest BCUT2D eigenvalue weighted by atomic mass is 16.3. The van der Waals surface area contributed by atoms with Crippen LogP contribution in [-0.4, -0.2) is 42.0 Å². The monoisotopic (exact) mass is 394 g/mol. The molecule has 6 heterocycles. The Morgan fingerprint density at radius 3 is 2.76 bits per heavy atom. The van der Waals surface area contributed by atoms with Crippen molar-refractivity contribution in [2.45, 2.75) is 95.1 Å². The summed E-state index contributed by atoms with van der Waals surface area (Å²) in [7, 11) is 0. The molecular formula is C26H38N2O. The van der Waals surface area contributed by atoms with Gasteiger partial charge in [0.05, 0.1) is 6.04 Å². The van der Waals surface area contributed by atoms with Crippen LogP contribution in [0.2, 0.25) is 0 Å².